The van der Waals surface area contributed by atoms with E-state index >= 15 is 0 Å². The third-order valence-corrected chi connectivity index (χ3v) is 5.02. The van der Waals surface area contributed by atoms with Crippen LogP contribution in [0.2, 0.25) is 0 Å². The van der Waals surface area contributed by atoms with Gasteiger partial charge in [0.15, 0.2) is 17.6 Å². The van der Waals surface area contributed by atoms with Crippen molar-refractivity contribution in [3.63, 3.8) is 0 Å². The highest BCUT2D eigenvalue weighted by Crippen LogP contribution is 2.27. The Hall–Kier alpha value is -3.19. The Labute approximate surface area is 160 Å². The Kier molecular flexibility index (Phi) is 4.60. The van der Waals surface area contributed by atoms with Gasteiger partial charge in [-0.3, -0.25) is 10.1 Å². The van der Waals surface area contributed by atoms with Crippen LogP contribution in [0, 0.1) is 13.8 Å². The number of para-hydroxylation sites is 1. The topological polar surface area (TPSA) is 69.0 Å². The number of nitrogens with zero attached hydrogens (tertiary/aromatic N) is 3. The molecular formula is C20H18N4O2S. The smallest absolute Gasteiger partial charge is 0.277 e. The van der Waals surface area contributed by atoms with E-state index in [1.165, 1.54) is 11.3 Å². The fraction of sp³-hybridized carbons (Fsp3) is 0.150. The average molecular weight is 378 g/mol. The molecule has 0 saturated heterocycles. The van der Waals surface area contributed by atoms with E-state index in [1.54, 1.807) is 16.9 Å². The summed E-state index contributed by atoms with van der Waals surface area (Å²) < 4.78 is 8.37. The van der Waals surface area contributed by atoms with Crippen LogP contribution < -0.4 is 10.1 Å². The number of ether oxygens (including phenoxy) is 1. The van der Waals surface area contributed by atoms with Gasteiger partial charge in [-0.1, -0.05) is 35.6 Å². The summed E-state index contributed by atoms with van der Waals surface area (Å²) in [4.78, 5) is 16.9. The summed E-state index contributed by atoms with van der Waals surface area (Å²) in [6.45, 7) is 4.25. The Morgan fingerprint density at radius 2 is 2.04 bits per heavy atom. The molecule has 4 rings (SSSR count). The van der Waals surface area contributed by atoms with Gasteiger partial charge in [-0.05, 0) is 49.2 Å². The number of hydrogen-bond donors (Lipinski definition) is 1. The second kappa shape index (κ2) is 7.20. The summed E-state index contributed by atoms with van der Waals surface area (Å²) >= 11 is 1.45. The highest BCUT2D eigenvalue weighted by molar-refractivity contribution is 7.22. The van der Waals surface area contributed by atoms with Crippen molar-refractivity contribution in [1.29, 1.82) is 0 Å². The van der Waals surface area contributed by atoms with E-state index in [-0.39, 0.29) is 12.6 Å². The number of carbonyl (C=O) groups excluding carboxylic acids is 1. The number of anilines is 1. The quantitative estimate of drug-likeness (QED) is 0.559. The average Bonchev–Trinajstić information content (AvgIpc) is 3.27. The van der Waals surface area contributed by atoms with Crippen LogP contribution in [0.5, 0.6) is 5.75 Å². The molecule has 0 radical (unpaired) electrons. The first kappa shape index (κ1) is 17.2. The number of hydrogen-bond acceptors (Lipinski definition) is 5. The minimum atomic E-state index is -0.291. The van der Waals surface area contributed by atoms with Gasteiger partial charge in [0, 0.05) is 6.20 Å². The van der Waals surface area contributed by atoms with Crippen molar-refractivity contribution in [2.24, 2.45) is 0 Å². The van der Waals surface area contributed by atoms with Crippen LogP contribution in [0.1, 0.15) is 21.6 Å². The van der Waals surface area contributed by atoms with E-state index in [0.717, 1.165) is 27.1 Å². The summed E-state index contributed by atoms with van der Waals surface area (Å²) in [5.74, 6) is 0.504. The standard InChI is InChI=1S/C20H18N4O2S/c1-13-7-8-15-18(11-13)27-20(21-15)22-19(25)16-9-10-24(23-16)12-26-17-6-4-3-5-14(17)2/h3-11H,12H2,1-2H3,(H,21,22,25). The maximum absolute atomic E-state index is 12.4. The van der Waals surface area contributed by atoms with Crippen LogP contribution >= 0.6 is 11.3 Å². The van der Waals surface area contributed by atoms with Crippen LogP contribution in [0.15, 0.2) is 54.7 Å². The Bertz CT molecular complexity index is 1120. The molecule has 0 atom stereocenters. The number of fused-ring (bicyclic) bond motifs is 1. The molecule has 7 heteroatoms. The van der Waals surface area contributed by atoms with Crippen molar-refractivity contribution < 1.29 is 9.53 Å². The maximum atomic E-state index is 12.4. The van der Waals surface area contributed by atoms with Gasteiger partial charge >= 0.3 is 0 Å². The van der Waals surface area contributed by atoms with Crippen molar-refractivity contribution in [2.75, 3.05) is 5.32 Å². The number of thiazole rings is 1. The molecule has 0 fully saturated rings. The molecule has 136 valence electrons. The van der Waals surface area contributed by atoms with Gasteiger partial charge in [0.05, 0.1) is 10.2 Å². The molecule has 2 aromatic heterocycles. The number of carbonyl (C=O) groups is 1. The van der Waals surface area contributed by atoms with Crippen molar-refractivity contribution in [1.82, 2.24) is 14.8 Å². The minimum Gasteiger partial charge on any atom is -0.471 e. The van der Waals surface area contributed by atoms with E-state index in [2.05, 4.69) is 21.5 Å². The fourth-order valence-electron chi connectivity index (χ4n) is 2.66. The number of benzene rings is 2. The van der Waals surface area contributed by atoms with E-state index < -0.39 is 0 Å². The third kappa shape index (κ3) is 3.83. The summed E-state index contributed by atoms with van der Waals surface area (Å²) in [5.41, 5.74) is 3.40. The van der Waals surface area contributed by atoms with Gasteiger partial charge in [-0.2, -0.15) is 5.10 Å². The molecule has 6 nitrogen and oxygen atoms in total. The first-order chi connectivity index (χ1) is 13.1. The SMILES string of the molecule is Cc1ccc2nc(NC(=O)c3ccn(COc4ccccc4C)n3)sc2c1. The predicted molar refractivity (Wildman–Crippen MR) is 106 cm³/mol. The number of amides is 1. The lowest BCUT2D eigenvalue weighted by atomic mass is 10.2. The Balaban J connectivity index is 1.42. The summed E-state index contributed by atoms with van der Waals surface area (Å²) in [7, 11) is 0. The molecule has 0 aliphatic rings. The lowest BCUT2D eigenvalue weighted by Gasteiger charge is -2.08. The van der Waals surface area contributed by atoms with Crippen LogP contribution in [0.3, 0.4) is 0 Å². The highest BCUT2D eigenvalue weighted by atomic mass is 32.1. The van der Waals surface area contributed by atoms with Gasteiger partial charge in [-0.25, -0.2) is 9.67 Å². The molecule has 0 aliphatic carbocycles. The molecule has 2 aromatic carbocycles. The lowest BCUT2D eigenvalue weighted by Crippen LogP contribution is -2.14. The maximum Gasteiger partial charge on any atom is 0.277 e. The molecule has 0 saturated carbocycles. The Morgan fingerprint density at radius 3 is 2.89 bits per heavy atom. The molecule has 1 N–H and O–H groups in total. The van der Waals surface area contributed by atoms with Gasteiger partial charge in [-0.15, -0.1) is 0 Å². The lowest BCUT2D eigenvalue weighted by molar-refractivity contribution is 0.102. The molecule has 0 bridgehead atoms. The number of aryl methyl sites for hydroxylation is 2. The minimum absolute atomic E-state index is 0.235. The normalized spacial score (nSPS) is 10.9. The number of rotatable bonds is 5. The van der Waals surface area contributed by atoms with Crippen molar-refractivity contribution >= 4 is 32.6 Å². The number of nitrogens with one attached hydrogen (secondary N) is 1. The van der Waals surface area contributed by atoms with Crippen LogP contribution in [0.4, 0.5) is 5.13 Å². The van der Waals surface area contributed by atoms with Gasteiger partial charge in [0.1, 0.15) is 5.75 Å². The van der Waals surface area contributed by atoms with Crippen LogP contribution in [-0.2, 0) is 6.73 Å². The van der Waals surface area contributed by atoms with Crippen molar-refractivity contribution in [2.45, 2.75) is 20.6 Å². The highest BCUT2D eigenvalue weighted by Gasteiger charge is 2.13. The van der Waals surface area contributed by atoms with Gasteiger partial charge in [0.2, 0.25) is 0 Å². The number of aromatic nitrogens is 3. The van der Waals surface area contributed by atoms with E-state index in [1.807, 2.05) is 50.2 Å². The zero-order chi connectivity index (χ0) is 18.8. The van der Waals surface area contributed by atoms with Crippen molar-refractivity contribution in [3.8, 4) is 5.75 Å². The molecular weight excluding hydrogens is 360 g/mol. The monoisotopic (exact) mass is 378 g/mol. The second-order valence-electron chi connectivity index (χ2n) is 6.22. The second-order valence-corrected chi connectivity index (χ2v) is 7.25. The first-order valence-corrected chi connectivity index (χ1v) is 9.30. The molecule has 0 spiro atoms. The molecule has 27 heavy (non-hydrogen) atoms. The first-order valence-electron chi connectivity index (χ1n) is 8.49. The van der Waals surface area contributed by atoms with Crippen LogP contribution in [0.25, 0.3) is 10.2 Å². The fourth-order valence-corrected chi connectivity index (χ4v) is 3.61. The van der Waals surface area contributed by atoms with E-state index in [4.69, 9.17) is 4.74 Å². The third-order valence-electron chi connectivity index (χ3n) is 4.08. The molecule has 4 aromatic rings. The van der Waals surface area contributed by atoms with E-state index in [0.29, 0.717) is 10.8 Å². The predicted octanol–water partition coefficient (Wildman–Crippen LogP) is 4.40. The zero-order valence-corrected chi connectivity index (χ0v) is 15.8. The molecule has 0 aliphatic heterocycles. The summed E-state index contributed by atoms with van der Waals surface area (Å²) in [6.07, 6.45) is 1.72. The molecule has 1 amide bonds. The van der Waals surface area contributed by atoms with Crippen LogP contribution in [-0.4, -0.2) is 20.7 Å². The summed E-state index contributed by atoms with van der Waals surface area (Å²) in [5, 5.41) is 7.65. The van der Waals surface area contributed by atoms with Gasteiger partial charge < -0.3 is 4.74 Å². The largest absolute Gasteiger partial charge is 0.471 e. The molecule has 0 unspecified atom stereocenters. The summed E-state index contributed by atoms with van der Waals surface area (Å²) in [6, 6.07) is 15.4. The van der Waals surface area contributed by atoms with E-state index in [9.17, 15) is 4.79 Å². The Morgan fingerprint density at radius 1 is 1.19 bits per heavy atom. The zero-order valence-electron chi connectivity index (χ0n) is 15.0. The van der Waals surface area contributed by atoms with Crippen molar-refractivity contribution in [3.05, 3.63) is 71.5 Å². The molecule has 2 heterocycles. The van der Waals surface area contributed by atoms with Gasteiger partial charge in [0.25, 0.3) is 5.91 Å².